The van der Waals surface area contributed by atoms with Gasteiger partial charge in [0, 0.05) is 19.3 Å². The Morgan fingerprint density at radius 2 is 0.506 bits per heavy atom. The van der Waals surface area contributed by atoms with Gasteiger partial charge in [0.05, 0.1) is 0 Å². The lowest BCUT2D eigenvalue weighted by atomic mass is 10.0. The molecular weight excluding hydrogens is 949 g/mol. The highest BCUT2D eigenvalue weighted by Crippen LogP contribution is 2.18. The Balaban J connectivity index is 4.09. The standard InChI is InChI=1S/C71H128O6/c1-4-7-10-13-16-19-22-25-26-27-28-29-30-31-32-33-34-35-36-37-38-39-40-41-42-43-44-47-49-52-55-58-61-64-70(73)76-67-68(77-71(74)65-62-59-56-53-50-46-24-21-18-15-12-9-6-3)66-75-69(72)63-60-57-54-51-48-45-23-20-17-14-11-8-5-2/h7,10,16,19,25-26,28-29,31-32,68H,4-6,8-9,11-15,17-18,20-24,27,30,33-67H2,1-3H3/b10-7-,19-16-,26-25-,29-28-,32-31-. The average Bonchev–Trinajstić information content (AvgIpc) is 3.43. The highest BCUT2D eigenvalue weighted by molar-refractivity contribution is 5.71. The van der Waals surface area contributed by atoms with Crippen LogP contribution in [0.2, 0.25) is 0 Å². The van der Waals surface area contributed by atoms with Crippen molar-refractivity contribution < 1.29 is 28.6 Å². The van der Waals surface area contributed by atoms with Crippen molar-refractivity contribution in [2.24, 2.45) is 0 Å². The van der Waals surface area contributed by atoms with E-state index in [9.17, 15) is 14.4 Å². The van der Waals surface area contributed by atoms with Crippen LogP contribution in [0, 0.1) is 0 Å². The van der Waals surface area contributed by atoms with Gasteiger partial charge in [-0.2, -0.15) is 0 Å². The summed E-state index contributed by atoms with van der Waals surface area (Å²) in [7, 11) is 0. The van der Waals surface area contributed by atoms with Crippen LogP contribution in [0.25, 0.3) is 0 Å². The van der Waals surface area contributed by atoms with Crippen molar-refractivity contribution in [3.63, 3.8) is 0 Å². The van der Waals surface area contributed by atoms with E-state index in [1.54, 1.807) is 0 Å². The number of ether oxygens (including phenoxy) is 3. The van der Waals surface area contributed by atoms with E-state index in [1.807, 2.05) is 0 Å². The molecule has 0 aliphatic carbocycles. The Hall–Kier alpha value is -2.89. The van der Waals surface area contributed by atoms with Gasteiger partial charge in [0.2, 0.25) is 0 Å². The largest absolute Gasteiger partial charge is 0.462 e. The van der Waals surface area contributed by atoms with Crippen LogP contribution >= 0.6 is 0 Å². The summed E-state index contributed by atoms with van der Waals surface area (Å²) < 4.78 is 16.9. The van der Waals surface area contributed by atoms with E-state index < -0.39 is 6.10 Å². The van der Waals surface area contributed by atoms with Crippen LogP contribution in [0.4, 0.5) is 0 Å². The molecule has 0 aromatic carbocycles. The van der Waals surface area contributed by atoms with E-state index >= 15 is 0 Å². The molecule has 1 atom stereocenters. The summed E-state index contributed by atoms with van der Waals surface area (Å²) in [6.07, 6.45) is 83.9. The summed E-state index contributed by atoms with van der Waals surface area (Å²) in [5.74, 6) is -0.843. The summed E-state index contributed by atoms with van der Waals surface area (Å²) in [6, 6.07) is 0. The van der Waals surface area contributed by atoms with Crippen LogP contribution in [-0.4, -0.2) is 37.2 Å². The SMILES string of the molecule is CC/C=C\C/C=C\C/C=C\C/C=C\C/C=C\CCCCCCCCCCCCCCCCCCCC(=O)OCC(COC(=O)CCCCCCCCCCCCCCC)OC(=O)CCCCCCCCCCCCCCC. The third kappa shape index (κ3) is 63.8. The Kier molecular flexibility index (Phi) is 63.2. The number of carbonyl (C=O) groups is 3. The van der Waals surface area contributed by atoms with Gasteiger partial charge in [0.15, 0.2) is 6.10 Å². The Labute approximate surface area is 479 Å². The molecule has 1 unspecified atom stereocenters. The molecule has 6 heteroatoms. The van der Waals surface area contributed by atoms with Crippen LogP contribution in [0.5, 0.6) is 0 Å². The molecule has 448 valence electrons. The highest BCUT2D eigenvalue weighted by Gasteiger charge is 2.19. The molecule has 0 aliphatic rings. The number of unbranched alkanes of at least 4 members (excludes halogenated alkanes) is 41. The predicted octanol–water partition coefficient (Wildman–Crippen LogP) is 23.1. The van der Waals surface area contributed by atoms with Crippen LogP contribution < -0.4 is 0 Å². The molecular formula is C71H128O6. The number of hydrogen-bond donors (Lipinski definition) is 0. The Morgan fingerprint density at radius 1 is 0.273 bits per heavy atom. The number of allylic oxidation sites excluding steroid dienone is 10. The van der Waals surface area contributed by atoms with E-state index in [4.69, 9.17) is 14.2 Å². The molecule has 0 rings (SSSR count). The van der Waals surface area contributed by atoms with Gasteiger partial charge in [-0.1, -0.05) is 332 Å². The lowest BCUT2D eigenvalue weighted by Gasteiger charge is -2.18. The molecule has 0 bridgehead atoms. The second-order valence-corrected chi connectivity index (χ2v) is 22.7. The number of hydrogen-bond acceptors (Lipinski definition) is 6. The zero-order chi connectivity index (χ0) is 55.7. The summed E-state index contributed by atoms with van der Waals surface area (Å²) in [5, 5.41) is 0. The van der Waals surface area contributed by atoms with Gasteiger partial charge in [0.1, 0.15) is 13.2 Å². The minimum absolute atomic E-state index is 0.0663. The molecule has 0 fully saturated rings. The lowest BCUT2D eigenvalue weighted by molar-refractivity contribution is -0.167. The molecule has 0 N–H and O–H groups in total. The molecule has 0 radical (unpaired) electrons. The number of esters is 3. The fourth-order valence-corrected chi connectivity index (χ4v) is 10.0. The van der Waals surface area contributed by atoms with Gasteiger partial charge in [0.25, 0.3) is 0 Å². The average molecular weight is 1080 g/mol. The summed E-state index contributed by atoms with van der Waals surface area (Å²) in [4.78, 5) is 38.3. The van der Waals surface area contributed by atoms with Gasteiger partial charge < -0.3 is 14.2 Å². The van der Waals surface area contributed by atoms with Gasteiger partial charge in [-0.05, 0) is 64.2 Å². The second kappa shape index (κ2) is 65.6. The fraction of sp³-hybridized carbons (Fsp3) is 0.817. The first kappa shape index (κ1) is 74.1. The molecule has 0 aliphatic heterocycles. The zero-order valence-corrected chi connectivity index (χ0v) is 51.5. The van der Waals surface area contributed by atoms with E-state index in [0.29, 0.717) is 19.3 Å². The van der Waals surface area contributed by atoms with Crippen molar-refractivity contribution in [1.82, 2.24) is 0 Å². The smallest absolute Gasteiger partial charge is 0.306 e. The van der Waals surface area contributed by atoms with Crippen LogP contribution in [0.1, 0.15) is 355 Å². The molecule has 0 saturated carbocycles. The minimum atomic E-state index is -0.768. The van der Waals surface area contributed by atoms with Crippen LogP contribution in [-0.2, 0) is 28.6 Å². The third-order valence-electron chi connectivity index (χ3n) is 15.0. The van der Waals surface area contributed by atoms with Gasteiger partial charge >= 0.3 is 17.9 Å². The number of carbonyl (C=O) groups excluding carboxylic acids is 3. The van der Waals surface area contributed by atoms with E-state index in [-0.39, 0.29) is 31.1 Å². The first-order chi connectivity index (χ1) is 38.0. The zero-order valence-electron chi connectivity index (χ0n) is 51.5. The monoisotopic (exact) mass is 1080 g/mol. The van der Waals surface area contributed by atoms with Gasteiger partial charge in [-0.25, -0.2) is 0 Å². The summed E-state index contributed by atoms with van der Waals surface area (Å²) in [5.41, 5.74) is 0. The van der Waals surface area contributed by atoms with Crippen molar-refractivity contribution in [2.75, 3.05) is 13.2 Å². The predicted molar refractivity (Wildman–Crippen MR) is 335 cm³/mol. The quantitative estimate of drug-likeness (QED) is 0.0261. The number of rotatable bonds is 62. The molecule has 0 aromatic rings. The van der Waals surface area contributed by atoms with Crippen LogP contribution in [0.3, 0.4) is 0 Å². The maximum atomic E-state index is 12.9. The first-order valence-electron chi connectivity index (χ1n) is 33.8. The minimum Gasteiger partial charge on any atom is -0.462 e. The van der Waals surface area contributed by atoms with E-state index in [1.165, 1.54) is 225 Å². The highest BCUT2D eigenvalue weighted by atomic mass is 16.6. The molecule has 0 saturated heterocycles. The molecule has 0 heterocycles. The normalized spacial score (nSPS) is 12.4. The summed E-state index contributed by atoms with van der Waals surface area (Å²) >= 11 is 0. The summed E-state index contributed by atoms with van der Waals surface area (Å²) in [6.45, 7) is 6.58. The molecule has 6 nitrogen and oxygen atoms in total. The first-order valence-corrected chi connectivity index (χ1v) is 33.8. The molecule has 0 spiro atoms. The molecule has 0 aromatic heterocycles. The van der Waals surface area contributed by atoms with Crippen molar-refractivity contribution >= 4 is 17.9 Å². The van der Waals surface area contributed by atoms with Gasteiger partial charge in [-0.15, -0.1) is 0 Å². The molecule has 77 heavy (non-hydrogen) atoms. The van der Waals surface area contributed by atoms with E-state index in [0.717, 1.165) is 89.9 Å². The van der Waals surface area contributed by atoms with Gasteiger partial charge in [-0.3, -0.25) is 14.4 Å². The second-order valence-electron chi connectivity index (χ2n) is 22.7. The Bertz CT molecular complexity index is 1380. The van der Waals surface area contributed by atoms with Crippen molar-refractivity contribution in [2.45, 2.75) is 361 Å². The fourth-order valence-electron chi connectivity index (χ4n) is 10.0. The van der Waals surface area contributed by atoms with Crippen LogP contribution in [0.15, 0.2) is 60.8 Å². The topological polar surface area (TPSA) is 78.9 Å². The lowest BCUT2D eigenvalue weighted by Crippen LogP contribution is -2.30. The van der Waals surface area contributed by atoms with Crippen molar-refractivity contribution in [3.8, 4) is 0 Å². The maximum Gasteiger partial charge on any atom is 0.306 e. The maximum absolute atomic E-state index is 12.9. The molecule has 0 amide bonds. The van der Waals surface area contributed by atoms with Crippen molar-refractivity contribution in [3.05, 3.63) is 60.8 Å². The third-order valence-corrected chi connectivity index (χ3v) is 15.0. The van der Waals surface area contributed by atoms with Crippen molar-refractivity contribution in [1.29, 1.82) is 0 Å². The van der Waals surface area contributed by atoms with E-state index in [2.05, 4.69) is 81.5 Å². The Morgan fingerprint density at radius 3 is 0.792 bits per heavy atom.